The fourth-order valence-corrected chi connectivity index (χ4v) is 3.97. The Morgan fingerprint density at radius 3 is 2.64 bits per heavy atom. The van der Waals surface area contributed by atoms with Crippen LogP contribution >= 0.6 is 0 Å². The molecule has 0 amide bonds. The zero-order chi connectivity index (χ0) is 18.9. The number of benzene rings is 2. The molecule has 0 saturated carbocycles. The Kier molecular flexibility index (Phi) is 4.29. The van der Waals surface area contributed by atoms with E-state index in [4.69, 9.17) is 4.98 Å². The van der Waals surface area contributed by atoms with Crippen molar-refractivity contribution in [2.24, 2.45) is 0 Å². The summed E-state index contributed by atoms with van der Waals surface area (Å²) in [6.07, 6.45) is 0.778. The largest absolute Gasteiger partial charge is 0.298 e. The molecule has 5 rings (SSSR count). The maximum absolute atomic E-state index is 12.7. The van der Waals surface area contributed by atoms with Gasteiger partial charge in [0, 0.05) is 30.6 Å². The Morgan fingerprint density at radius 1 is 0.929 bits per heavy atom. The van der Waals surface area contributed by atoms with Crippen molar-refractivity contribution in [1.29, 1.82) is 0 Å². The highest BCUT2D eigenvalue weighted by atomic mass is 16.1. The number of nitrogens with one attached hydrogen (secondary N) is 1. The standard InChI is InChI=1S/C23H22N4O/c28-23-20-12-13-26(15-19-11-10-18-8-4-5-9-21(18)24-19)16-22(20)25-27(23)14-17-6-2-1-3-7-17/h1-11,25H,12-16H2. The molecule has 5 heteroatoms. The molecule has 4 aromatic rings. The van der Waals surface area contributed by atoms with Crippen molar-refractivity contribution in [3.63, 3.8) is 0 Å². The molecule has 2 aromatic carbocycles. The average Bonchev–Trinajstić information content (AvgIpc) is 3.03. The van der Waals surface area contributed by atoms with Crippen LogP contribution in [0.4, 0.5) is 0 Å². The summed E-state index contributed by atoms with van der Waals surface area (Å²) in [5.74, 6) is 0. The lowest BCUT2D eigenvalue weighted by molar-refractivity contribution is 0.239. The van der Waals surface area contributed by atoms with Gasteiger partial charge in [0.15, 0.2) is 0 Å². The monoisotopic (exact) mass is 370 g/mol. The third kappa shape index (κ3) is 3.25. The van der Waals surface area contributed by atoms with Gasteiger partial charge < -0.3 is 0 Å². The second kappa shape index (κ2) is 7.09. The van der Waals surface area contributed by atoms with Gasteiger partial charge in [-0.25, -0.2) is 4.68 Å². The highest BCUT2D eigenvalue weighted by molar-refractivity contribution is 5.78. The van der Waals surface area contributed by atoms with E-state index in [1.54, 1.807) is 4.68 Å². The molecular formula is C23H22N4O. The number of aromatic nitrogens is 3. The number of hydrogen-bond acceptors (Lipinski definition) is 3. The molecule has 0 unspecified atom stereocenters. The van der Waals surface area contributed by atoms with Crippen LogP contribution in [0.5, 0.6) is 0 Å². The Labute approximate surface area is 163 Å². The highest BCUT2D eigenvalue weighted by Gasteiger charge is 2.22. The first-order valence-electron chi connectivity index (χ1n) is 9.68. The smallest absolute Gasteiger partial charge is 0.270 e. The van der Waals surface area contributed by atoms with E-state index in [1.165, 1.54) is 0 Å². The number of rotatable bonds is 4. The minimum Gasteiger partial charge on any atom is -0.298 e. The van der Waals surface area contributed by atoms with E-state index in [0.717, 1.165) is 59.5 Å². The molecule has 0 radical (unpaired) electrons. The number of para-hydroxylation sites is 1. The van der Waals surface area contributed by atoms with Gasteiger partial charge in [-0.3, -0.25) is 19.8 Å². The van der Waals surface area contributed by atoms with Crippen LogP contribution in [0.3, 0.4) is 0 Å². The van der Waals surface area contributed by atoms with E-state index >= 15 is 0 Å². The minimum absolute atomic E-state index is 0.113. The van der Waals surface area contributed by atoms with Crippen LogP contribution in [0.15, 0.2) is 71.5 Å². The fraction of sp³-hybridized carbons (Fsp3) is 0.217. The summed E-state index contributed by atoms with van der Waals surface area (Å²) >= 11 is 0. The molecule has 1 aliphatic rings. The molecule has 0 atom stereocenters. The van der Waals surface area contributed by atoms with Gasteiger partial charge in [0.25, 0.3) is 5.56 Å². The molecule has 1 aliphatic heterocycles. The molecule has 0 fully saturated rings. The first-order valence-corrected chi connectivity index (χ1v) is 9.68. The van der Waals surface area contributed by atoms with Crippen molar-refractivity contribution in [2.45, 2.75) is 26.1 Å². The van der Waals surface area contributed by atoms with Crippen LogP contribution in [0.2, 0.25) is 0 Å². The lowest BCUT2D eigenvalue weighted by atomic mass is 10.1. The van der Waals surface area contributed by atoms with Gasteiger partial charge in [-0.1, -0.05) is 54.6 Å². The van der Waals surface area contributed by atoms with Crippen molar-refractivity contribution in [3.05, 3.63) is 99.6 Å². The second-order valence-corrected chi connectivity index (χ2v) is 7.40. The Hall–Kier alpha value is -3.18. The van der Waals surface area contributed by atoms with Crippen LogP contribution in [-0.4, -0.2) is 26.2 Å². The SMILES string of the molecule is O=c1c2c([nH]n1Cc1ccccc1)CN(Cc1ccc3ccccc3n1)CC2. The van der Waals surface area contributed by atoms with Gasteiger partial charge >= 0.3 is 0 Å². The van der Waals surface area contributed by atoms with Gasteiger partial charge in [0.05, 0.1) is 23.4 Å². The van der Waals surface area contributed by atoms with Crippen molar-refractivity contribution < 1.29 is 0 Å². The number of aromatic amines is 1. The van der Waals surface area contributed by atoms with Crippen molar-refractivity contribution in [2.75, 3.05) is 6.54 Å². The molecule has 28 heavy (non-hydrogen) atoms. The van der Waals surface area contributed by atoms with E-state index in [1.807, 2.05) is 48.5 Å². The molecule has 0 saturated heterocycles. The third-order valence-electron chi connectivity index (χ3n) is 5.42. The van der Waals surface area contributed by atoms with E-state index < -0.39 is 0 Å². The molecule has 0 aliphatic carbocycles. The predicted molar refractivity (Wildman–Crippen MR) is 110 cm³/mol. The summed E-state index contributed by atoms with van der Waals surface area (Å²) in [4.78, 5) is 19.9. The zero-order valence-electron chi connectivity index (χ0n) is 15.6. The molecule has 0 spiro atoms. The first-order chi connectivity index (χ1) is 13.8. The van der Waals surface area contributed by atoms with Gasteiger partial charge in [-0.05, 0) is 24.1 Å². The van der Waals surface area contributed by atoms with Gasteiger partial charge in [0.1, 0.15) is 0 Å². The summed E-state index contributed by atoms with van der Waals surface area (Å²) in [6, 6.07) is 22.5. The first kappa shape index (κ1) is 17.0. The van der Waals surface area contributed by atoms with E-state index in [0.29, 0.717) is 6.54 Å². The molecular weight excluding hydrogens is 348 g/mol. The maximum Gasteiger partial charge on any atom is 0.270 e. The van der Waals surface area contributed by atoms with Gasteiger partial charge in [-0.2, -0.15) is 0 Å². The molecule has 3 heterocycles. The topological polar surface area (TPSA) is 53.9 Å². The normalized spacial score (nSPS) is 14.3. The molecule has 5 nitrogen and oxygen atoms in total. The van der Waals surface area contributed by atoms with Gasteiger partial charge in [0.2, 0.25) is 0 Å². The average molecular weight is 370 g/mol. The minimum atomic E-state index is 0.113. The number of H-pyrrole nitrogens is 1. The molecule has 1 N–H and O–H groups in total. The number of nitrogens with zero attached hydrogens (tertiary/aromatic N) is 3. The van der Waals surface area contributed by atoms with Crippen LogP contribution in [0, 0.1) is 0 Å². The van der Waals surface area contributed by atoms with E-state index in [2.05, 4.69) is 28.2 Å². The van der Waals surface area contributed by atoms with Crippen molar-refractivity contribution >= 4 is 10.9 Å². The summed E-state index contributed by atoms with van der Waals surface area (Å²) in [7, 11) is 0. The van der Waals surface area contributed by atoms with Crippen LogP contribution in [-0.2, 0) is 26.1 Å². The second-order valence-electron chi connectivity index (χ2n) is 7.40. The Balaban J connectivity index is 1.34. The van der Waals surface area contributed by atoms with Crippen LogP contribution < -0.4 is 5.56 Å². The number of hydrogen-bond donors (Lipinski definition) is 1. The quantitative estimate of drug-likeness (QED) is 0.599. The van der Waals surface area contributed by atoms with E-state index in [-0.39, 0.29) is 5.56 Å². The zero-order valence-corrected chi connectivity index (χ0v) is 15.6. The molecule has 0 bridgehead atoms. The van der Waals surface area contributed by atoms with Crippen LogP contribution in [0.1, 0.15) is 22.5 Å². The molecule has 2 aromatic heterocycles. The lowest BCUT2D eigenvalue weighted by Gasteiger charge is -2.25. The predicted octanol–water partition coefficient (Wildman–Crippen LogP) is 3.33. The van der Waals surface area contributed by atoms with E-state index in [9.17, 15) is 4.79 Å². The van der Waals surface area contributed by atoms with Crippen molar-refractivity contribution in [3.8, 4) is 0 Å². The van der Waals surface area contributed by atoms with Crippen molar-refractivity contribution in [1.82, 2.24) is 19.7 Å². The number of pyridine rings is 1. The van der Waals surface area contributed by atoms with Gasteiger partial charge in [-0.15, -0.1) is 0 Å². The molecule has 140 valence electrons. The lowest BCUT2D eigenvalue weighted by Crippen LogP contribution is -2.32. The Bertz CT molecular complexity index is 1180. The Morgan fingerprint density at radius 2 is 1.75 bits per heavy atom. The summed E-state index contributed by atoms with van der Waals surface area (Å²) in [6.45, 7) is 3.00. The fourth-order valence-electron chi connectivity index (χ4n) is 3.97. The third-order valence-corrected chi connectivity index (χ3v) is 5.42. The summed E-state index contributed by atoms with van der Waals surface area (Å²) in [5.41, 5.74) is 5.29. The number of fused-ring (bicyclic) bond motifs is 2. The summed E-state index contributed by atoms with van der Waals surface area (Å²) < 4.78 is 1.73. The summed E-state index contributed by atoms with van der Waals surface area (Å²) in [5, 5.41) is 4.50. The van der Waals surface area contributed by atoms with Crippen LogP contribution in [0.25, 0.3) is 10.9 Å². The highest BCUT2D eigenvalue weighted by Crippen LogP contribution is 2.18. The maximum atomic E-state index is 12.7.